The van der Waals surface area contributed by atoms with Crippen molar-refractivity contribution >= 4 is 12.0 Å². The zero-order valence-electron chi connectivity index (χ0n) is 16.5. The number of hydrogen-bond donors (Lipinski definition) is 0. The highest BCUT2D eigenvalue weighted by Crippen LogP contribution is 2.31. The molecule has 1 fully saturated rings. The van der Waals surface area contributed by atoms with E-state index in [0.29, 0.717) is 24.5 Å². The molecule has 0 aliphatic carbocycles. The highest BCUT2D eigenvalue weighted by Gasteiger charge is 2.32. The van der Waals surface area contributed by atoms with Crippen LogP contribution in [0, 0.1) is 0 Å². The average Bonchev–Trinajstić information content (AvgIpc) is 3.20. The summed E-state index contributed by atoms with van der Waals surface area (Å²) in [6.45, 7) is 0.714. The summed E-state index contributed by atoms with van der Waals surface area (Å²) in [5, 5.41) is 0. The van der Waals surface area contributed by atoms with Gasteiger partial charge in [0.15, 0.2) is 11.5 Å². The molecule has 1 aromatic carbocycles. The van der Waals surface area contributed by atoms with Crippen molar-refractivity contribution in [1.82, 2.24) is 9.88 Å². The molecule has 1 atom stereocenters. The van der Waals surface area contributed by atoms with Crippen LogP contribution in [0.15, 0.2) is 42.6 Å². The highest BCUT2D eigenvalue weighted by molar-refractivity contribution is 5.92. The van der Waals surface area contributed by atoms with E-state index in [1.807, 2.05) is 0 Å². The lowest BCUT2D eigenvalue weighted by molar-refractivity contribution is -0.137. The first kappa shape index (κ1) is 21.5. The minimum Gasteiger partial charge on any atom is -0.493 e. The molecule has 1 saturated heterocycles. The lowest BCUT2D eigenvalue weighted by Crippen LogP contribution is -2.29. The molecule has 0 unspecified atom stereocenters. The molecular formula is C21H21F3N2O4. The Bertz CT molecular complexity index is 931. The topological polar surface area (TPSA) is 60.9 Å². The summed E-state index contributed by atoms with van der Waals surface area (Å²) < 4.78 is 54.4. The van der Waals surface area contributed by atoms with E-state index in [2.05, 4.69) is 4.98 Å². The van der Waals surface area contributed by atoms with Crippen molar-refractivity contribution in [2.24, 2.45) is 0 Å². The normalized spacial score (nSPS) is 16.7. The van der Waals surface area contributed by atoms with Crippen LogP contribution in [0.1, 0.15) is 17.5 Å². The number of ether oxygens (including phenoxy) is 3. The van der Waals surface area contributed by atoms with E-state index in [9.17, 15) is 18.0 Å². The molecule has 0 bridgehead atoms. The third-order valence-electron chi connectivity index (χ3n) is 4.63. The molecular weight excluding hydrogens is 401 g/mol. The van der Waals surface area contributed by atoms with E-state index >= 15 is 0 Å². The maximum atomic E-state index is 12.8. The zero-order chi connectivity index (χ0) is 21.7. The molecule has 0 radical (unpaired) electrons. The van der Waals surface area contributed by atoms with Gasteiger partial charge >= 0.3 is 6.18 Å². The van der Waals surface area contributed by atoms with Gasteiger partial charge < -0.3 is 19.1 Å². The number of pyridine rings is 1. The number of halogens is 3. The minimum atomic E-state index is -4.46. The number of hydrogen-bond acceptors (Lipinski definition) is 5. The first-order valence-electron chi connectivity index (χ1n) is 9.19. The number of rotatable bonds is 6. The molecule has 1 aliphatic rings. The summed E-state index contributed by atoms with van der Waals surface area (Å²) in [4.78, 5) is 17.9. The van der Waals surface area contributed by atoms with Gasteiger partial charge in [0, 0.05) is 31.3 Å². The lowest BCUT2D eigenvalue weighted by Gasteiger charge is -2.16. The van der Waals surface area contributed by atoms with Gasteiger partial charge in [-0.3, -0.25) is 4.79 Å². The van der Waals surface area contributed by atoms with Crippen molar-refractivity contribution in [2.75, 3.05) is 27.3 Å². The fourth-order valence-corrected chi connectivity index (χ4v) is 3.07. The molecule has 2 aromatic rings. The summed E-state index contributed by atoms with van der Waals surface area (Å²) in [6, 6.07) is 7.03. The number of nitrogens with zero attached hydrogens (tertiary/aromatic N) is 2. The molecule has 9 heteroatoms. The smallest absolute Gasteiger partial charge is 0.416 e. The van der Waals surface area contributed by atoms with Gasteiger partial charge in [0.1, 0.15) is 6.10 Å². The van der Waals surface area contributed by atoms with Crippen LogP contribution in [0.5, 0.6) is 17.4 Å². The fourth-order valence-electron chi connectivity index (χ4n) is 3.07. The SMILES string of the molecule is COc1ccc(/C=C/C(=O)N2CC[C@@H](Oc3cc(C(F)(F)F)ccn3)C2)cc1OC. The van der Waals surface area contributed by atoms with E-state index in [1.54, 1.807) is 29.2 Å². The van der Waals surface area contributed by atoms with Crippen LogP contribution in [-0.2, 0) is 11.0 Å². The second-order valence-electron chi connectivity index (χ2n) is 6.64. The summed E-state index contributed by atoms with van der Waals surface area (Å²) in [5.74, 6) is 0.817. The van der Waals surface area contributed by atoms with Crippen molar-refractivity contribution in [3.63, 3.8) is 0 Å². The van der Waals surface area contributed by atoms with Gasteiger partial charge in [0.2, 0.25) is 11.8 Å². The Morgan fingerprint density at radius 2 is 1.93 bits per heavy atom. The number of amides is 1. The van der Waals surface area contributed by atoms with E-state index in [0.717, 1.165) is 23.9 Å². The quantitative estimate of drug-likeness (QED) is 0.663. The van der Waals surface area contributed by atoms with Crippen molar-refractivity contribution < 1.29 is 32.2 Å². The molecule has 0 saturated carbocycles. The van der Waals surface area contributed by atoms with Gasteiger partial charge in [-0.05, 0) is 29.8 Å². The predicted molar refractivity (Wildman–Crippen MR) is 103 cm³/mol. The largest absolute Gasteiger partial charge is 0.493 e. The molecule has 2 heterocycles. The molecule has 30 heavy (non-hydrogen) atoms. The van der Waals surface area contributed by atoms with Crippen LogP contribution in [0.4, 0.5) is 13.2 Å². The molecule has 1 aromatic heterocycles. The zero-order valence-corrected chi connectivity index (χ0v) is 16.5. The number of methoxy groups -OCH3 is 2. The summed E-state index contributed by atoms with van der Waals surface area (Å²) in [6.07, 6.45) is -0.220. The van der Waals surface area contributed by atoms with Crippen LogP contribution in [-0.4, -0.2) is 49.2 Å². The lowest BCUT2D eigenvalue weighted by atomic mass is 10.2. The molecule has 6 nitrogen and oxygen atoms in total. The Labute approximate surface area is 171 Å². The third kappa shape index (κ3) is 5.22. The number of alkyl halides is 3. The summed E-state index contributed by atoms with van der Waals surface area (Å²) >= 11 is 0. The van der Waals surface area contributed by atoms with Crippen LogP contribution < -0.4 is 14.2 Å². The summed E-state index contributed by atoms with van der Waals surface area (Å²) in [5.41, 5.74) is -0.0579. The van der Waals surface area contributed by atoms with Gasteiger partial charge in [-0.1, -0.05) is 6.07 Å². The highest BCUT2D eigenvalue weighted by atomic mass is 19.4. The van der Waals surface area contributed by atoms with Crippen LogP contribution in [0.2, 0.25) is 0 Å². The number of carbonyl (C=O) groups is 1. The monoisotopic (exact) mass is 422 g/mol. The number of aromatic nitrogens is 1. The van der Waals surface area contributed by atoms with E-state index in [-0.39, 0.29) is 18.3 Å². The van der Waals surface area contributed by atoms with Gasteiger partial charge in [-0.25, -0.2) is 4.98 Å². The molecule has 0 spiro atoms. The first-order valence-corrected chi connectivity index (χ1v) is 9.19. The second kappa shape index (κ2) is 9.06. The minimum absolute atomic E-state index is 0.106. The van der Waals surface area contributed by atoms with Crippen LogP contribution in [0.3, 0.4) is 0 Å². The molecule has 0 N–H and O–H groups in total. The second-order valence-corrected chi connectivity index (χ2v) is 6.64. The average molecular weight is 422 g/mol. The van der Waals surface area contributed by atoms with Gasteiger partial charge in [-0.15, -0.1) is 0 Å². The van der Waals surface area contributed by atoms with Gasteiger partial charge in [-0.2, -0.15) is 13.2 Å². The van der Waals surface area contributed by atoms with E-state index in [1.165, 1.54) is 20.3 Å². The Morgan fingerprint density at radius 3 is 2.63 bits per heavy atom. The van der Waals surface area contributed by atoms with Gasteiger partial charge in [0.05, 0.1) is 26.3 Å². The number of likely N-dealkylation sites (tertiary alicyclic amines) is 1. The molecule has 1 aliphatic heterocycles. The van der Waals surface area contributed by atoms with Crippen LogP contribution >= 0.6 is 0 Å². The van der Waals surface area contributed by atoms with E-state index < -0.39 is 17.8 Å². The summed E-state index contributed by atoms with van der Waals surface area (Å²) in [7, 11) is 3.07. The van der Waals surface area contributed by atoms with Crippen molar-refractivity contribution in [2.45, 2.75) is 18.7 Å². The number of benzene rings is 1. The predicted octanol–water partition coefficient (Wildman–Crippen LogP) is 3.81. The first-order chi connectivity index (χ1) is 14.3. The van der Waals surface area contributed by atoms with Crippen molar-refractivity contribution in [3.8, 4) is 17.4 Å². The molecule has 1 amide bonds. The van der Waals surface area contributed by atoms with Crippen molar-refractivity contribution in [3.05, 3.63) is 53.7 Å². The third-order valence-corrected chi connectivity index (χ3v) is 4.63. The van der Waals surface area contributed by atoms with Crippen molar-refractivity contribution in [1.29, 1.82) is 0 Å². The fraction of sp³-hybridized carbons (Fsp3) is 0.333. The number of carbonyl (C=O) groups excluding carboxylic acids is 1. The Morgan fingerprint density at radius 1 is 1.17 bits per heavy atom. The maximum Gasteiger partial charge on any atom is 0.416 e. The van der Waals surface area contributed by atoms with E-state index in [4.69, 9.17) is 14.2 Å². The standard InChI is InChI=1S/C21H21F3N2O4/c1-28-17-5-3-14(11-18(17)29-2)4-6-20(27)26-10-8-16(13-26)30-19-12-15(7-9-25-19)21(22,23)24/h3-7,9,11-12,16H,8,10,13H2,1-2H3/b6-4+/t16-/m1/s1. The Kier molecular flexibility index (Phi) is 6.49. The molecule has 3 rings (SSSR count). The van der Waals surface area contributed by atoms with Crippen LogP contribution in [0.25, 0.3) is 6.08 Å². The Balaban J connectivity index is 1.59. The maximum absolute atomic E-state index is 12.8. The van der Waals surface area contributed by atoms with Gasteiger partial charge in [0.25, 0.3) is 0 Å². The molecule has 160 valence electrons. The Hall–Kier alpha value is -3.23.